The Labute approximate surface area is 231 Å². The summed E-state index contributed by atoms with van der Waals surface area (Å²) in [6.07, 6.45) is 3.14. The van der Waals surface area contributed by atoms with Gasteiger partial charge in [0.25, 0.3) is 11.8 Å². The van der Waals surface area contributed by atoms with Crippen molar-refractivity contribution >= 4 is 57.6 Å². The SMILES string of the molecule is Nc1nc(/C(=N/O)C(=O)N[C@@H]2C(=O)N3C(C(=O)O)=C(/C=C4\CCN(CCNC5CCNC5)C4=O)CS[C@H]23)cs1. The number of thioether (sulfide) groups is 1. The predicted molar refractivity (Wildman–Crippen MR) is 143 cm³/mol. The van der Waals surface area contributed by atoms with Gasteiger partial charge in [-0.3, -0.25) is 19.3 Å². The first-order chi connectivity index (χ1) is 18.8. The Morgan fingerprint density at radius 3 is 2.85 bits per heavy atom. The zero-order chi connectivity index (χ0) is 27.7. The minimum absolute atomic E-state index is 0.0547. The molecule has 208 valence electrons. The molecule has 5 rings (SSSR count). The van der Waals surface area contributed by atoms with Crippen LogP contribution in [0.4, 0.5) is 5.13 Å². The smallest absolute Gasteiger partial charge is 0.352 e. The van der Waals surface area contributed by atoms with Crippen LogP contribution in [0, 0.1) is 0 Å². The van der Waals surface area contributed by atoms with Crippen LogP contribution in [0.2, 0.25) is 0 Å². The fourth-order valence-electron chi connectivity index (χ4n) is 5.03. The molecule has 0 radical (unpaired) electrons. The molecule has 1 aromatic rings. The quantitative estimate of drug-likeness (QED) is 0.0674. The van der Waals surface area contributed by atoms with Crippen LogP contribution in [0.15, 0.2) is 33.5 Å². The van der Waals surface area contributed by atoms with E-state index in [1.807, 2.05) is 0 Å². The predicted octanol–water partition coefficient (Wildman–Crippen LogP) is -1.25. The molecule has 0 aromatic carbocycles. The van der Waals surface area contributed by atoms with Gasteiger partial charge in [0, 0.05) is 48.9 Å². The van der Waals surface area contributed by atoms with Gasteiger partial charge in [-0.2, -0.15) is 0 Å². The average Bonchev–Trinajstić information content (AvgIpc) is 3.66. The number of nitrogens with one attached hydrogen (secondary N) is 3. The number of aliphatic carboxylic acids is 1. The van der Waals surface area contributed by atoms with Crippen LogP contribution in [-0.2, 0) is 19.2 Å². The number of allylic oxidation sites excluding steroid dienone is 1. The van der Waals surface area contributed by atoms with E-state index in [0.717, 1.165) is 35.7 Å². The van der Waals surface area contributed by atoms with Gasteiger partial charge in [-0.1, -0.05) is 5.16 Å². The number of likely N-dealkylation sites (tertiary alicyclic amines) is 1. The molecule has 7 N–H and O–H groups in total. The Bertz CT molecular complexity index is 1290. The van der Waals surface area contributed by atoms with Crippen LogP contribution in [0.5, 0.6) is 0 Å². The van der Waals surface area contributed by atoms with Crippen LogP contribution in [0.1, 0.15) is 18.5 Å². The molecule has 0 saturated carbocycles. The summed E-state index contributed by atoms with van der Waals surface area (Å²) in [4.78, 5) is 57.6. The summed E-state index contributed by atoms with van der Waals surface area (Å²) in [6.45, 7) is 3.70. The largest absolute Gasteiger partial charge is 0.477 e. The van der Waals surface area contributed by atoms with Gasteiger partial charge in [0.1, 0.15) is 22.8 Å². The molecule has 3 saturated heterocycles. The van der Waals surface area contributed by atoms with E-state index in [4.69, 9.17) is 5.73 Å². The normalized spacial score (nSPS) is 26.3. The molecule has 0 spiro atoms. The van der Waals surface area contributed by atoms with Crippen LogP contribution >= 0.6 is 23.1 Å². The second kappa shape index (κ2) is 11.3. The van der Waals surface area contributed by atoms with E-state index in [0.29, 0.717) is 43.2 Å². The standard InChI is InChI=1S/C23H28N8O6S2/c24-23-27-14(10-39-23)15(29-37)18(32)28-16-20(34)31-17(22(35)36)12(9-38-21(16)31)7-11-2-5-30(19(11)33)6-4-26-13-1-3-25-8-13/h7,10,13,16,21,25-26,37H,1-6,8-9H2,(H2,24,27)(H,28,32)(H,35,36)/b11-7+,29-15-/t13?,16-,21-/m1/s1. The zero-order valence-corrected chi connectivity index (χ0v) is 22.4. The molecule has 3 amide bonds. The Hall–Kier alpha value is -3.47. The third kappa shape index (κ3) is 5.36. The van der Waals surface area contributed by atoms with E-state index >= 15 is 0 Å². The number of fused-ring (bicyclic) bond motifs is 1. The van der Waals surface area contributed by atoms with Crippen molar-refractivity contribution in [2.75, 3.05) is 44.2 Å². The molecular formula is C23H28N8O6S2. The van der Waals surface area contributed by atoms with Crippen molar-refractivity contribution in [3.8, 4) is 0 Å². The molecule has 39 heavy (non-hydrogen) atoms. The number of oxime groups is 1. The summed E-state index contributed by atoms with van der Waals surface area (Å²) in [5, 5.41) is 32.4. The van der Waals surface area contributed by atoms with Crippen LogP contribution in [0.25, 0.3) is 0 Å². The maximum Gasteiger partial charge on any atom is 0.352 e. The van der Waals surface area contributed by atoms with Crippen LogP contribution in [0.3, 0.4) is 0 Å². The lowest BCUT2D eigenvalue weighted by Crippen LogP contribution is -2.71. The van der Waals surface area contributed by atoms with Crippen LogP contribution in [-0.4, -0.2) is 110 Å². The number of carbonyl (C=O) groups excluding carboxylic acids is 3. The highest BCUT2D eigenvalue weighted by Crippen LogP contribution is 2.41. The van der Waals surface area contributed by atoms with E-state index in [1.165, 1.54) is 17.1 Å². The topological polar surface area (TPSA) is 203 Å². The number of nitrogen functional groups attached to an aromatic ring is 1. The number of aromatic nitrogens is 1. The highest BCUT2D eigenvalue weighted by Gasteiger charge is 2.54. The molecule has 0 bridgehead atoms. The average molecular weight is 577 g/mol. The molecular weight excluding hydrogens is 548 g/mol. The van der Waals surface area contributed by atoms with E-state index in [-0.39, 0.29) is 28.2 Å². The summed E-state index contributed by atoms with van der Waals surface area (Å²) < 4.78 is 0. The summed E-state index contributed by atoms with van der Waals surface area (Å²) in [7, 11) is 0. The summed E-state index contributed by atoms with van der Waals surface area (Å²) in [5.41, 5.74) is 5.90. The first kappa shape index (κ1) is 27.1. The number of hydrogen-bond acceptors (Lipinski definition) is 12. The number of anilines is 1. The minimum atomic E-state index is -1.29. The van der Waals surface area contributed by atoms with Crippen molar-refractivity contribution < 1.29 is 29.5 Å². The maximum atomic E-state index is 13.0. The molecule has 1 aromatic heterocycles. The first-order valence-corrected chi connectivity index (χ1v) is 14.3. The molecule has 1 unspecified atom stereocenters. The molecule has 3 atom stereocenters. The Morgan fingerprint density at radius 2 is 2.18 bits per heavy atom. The lowest BCUT2D eigenvalue weighted by molar-refractivity contribution is -0.150. The monoisotopic (exact) mass is 576 g/mol. The zero-order valence-electron chi connectivity index (χ0n) is 20.8. The Balaban J connectivity index is 1.25. The minimum Gasteiger partial charge on any atom is -0.477 e. The highest BCUT2D eigenvalue weighted by atomic mass is 32.2. The second-order valence-electron chi connectivity index (χ2n) is 9.42. The van der Waals surface area contributed by atoms with Crippen molar-refractivity contribution in [2.24, 2.45) is 5.16 Å². The third-order valence-electron chi connectivity index (χ3n) is 7.00. The van der Waals surface area contributed by atoms with Crippen molar-refractivity contribution in [2.45, 2.75) is 30.3 Å². The number of nitrogens with zero attached hydrogens (tertiary/aromatic N) is 4. The number of β-lactam (4-membered cyclic amide) rings is 1. The molecule has 5 heterocycles. The van der Waals surface area contributed by atoms with Crippen molar-refractivity contribution in [3.05, 3.63) is 34.0 Å². The van der Waals surface area contributed by atoms with Gasteiger partial charge in [0.2, 0.25) is 5.91 Å². The molecule has 4 aliphatic rings. The number of carboxylic acid groups (broad SMARTS) is 1. The van der Waals surface area contributed by atoms with Gasteiger partial charge in [-0.05, 0) is 31.0 Å². The van der Waals surface area contributed by atoms with Crippen molar-refractivity contribution in [1.29, 1.82) is 0 Å². The molecule has 3 fully saturated rings. The fourth-order valence-corrected chi connectivity index (χ4v) is 6.88. The summed E-state index contributed by atoms with van der Waals surface area (Å²) in [5.74, 6) is -2.65. The number of carbonyl (C=O) groups is 4. The van der Waals surface area contributed by atoms with Gasteiger partial charge in [-0.25, -0.2) is 9.78 Å². The molecule has 14 nitrogen and oxygen atoms in total. The molecule has 4 aliphatic heterocycles. The number of hydrogen-bond donors (Lipinski definition) is 6. The summed E-state index contributed by atoms with van der Waals surface area (Å²) >= 11 is 2.33. The summed E-state index contributed by atoms with van der Waals surface area (Å²) in [6, 6.07) is -0.616. The van der Waals surface area contributed by atoms with Gasteiger partial charge >= 0.3 is 5.97 Å². The third-order valence-corrected chi connectivity index (χ3v) is 8.98. The van der Waals surface area contributed by atoms with E-state index < -0.39 is 34.9 Å². The van der Waals surface area contributed by atoms with Gasteiger partial charge in [-0.15, -0.1) is 23.1 Å². The van der Waals surface area contributed by atoms with E-state index in [1.54, 1.807) is 11.0 Å². The number of amides is 3. The molecule has 0 aliphatic carbocycles. The highest BCUT2D eigenvalue weighted by molar-refractivity contribution is 8.00. The maximum absolute atomic E-state index is 13.0. The Morgan fingerprint density at radius 1 is 1.36 bits per heavy atom. The molecule has 16 heteroatoms. The van der Waals surface area contributed by atoms with Gasteiger partial charge < -0.3 is 36.9 Å². The van der Waals surface area contributed by atoms with E-state index in [2.05, 4.69) is 26.1 Å². The second-order valence-corrected chi connectivity index (χ2v) is 11.4. The van der Waals surface area contributed by atoms with Crippen molar-refractivity contribution in [3.63, 3.8) is 0 Å². The fraction of sp³-hybridized carbons (Fsp3) is 0.478. The van der Waals surface area contributed by atoms with Crippen molar-refractivity contribution in [1.82, 2.24) is 30.7 Å². The van der Waals surface area contributed by atoms with E-state index in [9.17, 15) is 29.5 Å². The van der Waals surface area contributed by atoms with Gasteiger partial charge in [0.05, 0.1) is 0 Å². The number of rotatable bonds is 9. The van der Waals surface area contributed by atoms with Gasteiger partial charge in [0.15, 0.2) is 10.8 Å². The number of nitrogens with two attached hydrogens (primary N) is 1. The lowest BCUT2D eigenvalue weighted by atomic mass is 10.0. The Kier molecular flexibility index (Phi) is 7.88. The number of carboxylic acids is 1. The first-order valence-electron chi connectivity index (χ1n) is 12.4. The number of thiazole rings is 1. The van der Waals surface area contributed by atoms with Crippen LogP contribution < -0.4 is 21.7 Å². The lowest BCUT2D eigenvalue weighted by Gasteiger charge is -2.49.